The lowest BCUT2D eigenvalue weighted by molar-refractivity contribution is 0.247. The third-order valence-corrected chi connectivity index (χ3v) is 5.67. The van der Waals surface area contributed by atoms with Crippen LogP contribution in [0.1, 0.15) is 40.0 Å². The fraction of sp³-hybridized carbons (Fsp3) is 0.647. The summed E-state index contributed by atoms with van der Waals surface area (Å²) in [6.07, 6.45) is 3.79. The summed E-state index contributed by atoms with van der Waals surface area (Å²) in [5, 5.41) is 4.17. The molecule has 2 rings (SSSR count). The van der Waals surface area contributed by atoms with Gasteiger partial charge in [0.25, 0.3) is 0 Å². The highest BCUT2D eigenvalue weighted by atomic mass is 32.2. The molecule has 1 fully saturated rings. The molecule has 1 aliphatic rings. The van der Waals surface area contributed by atoms with E-state index in [1.165, 1.54) is 25.3 Å². The summed E-state index contributed by atoms with van der Waals surface area (Å²) < 4.78 is 13.3. The zero-order chi connectivity index (χ0) is 14.5. The second-order valence-electron chi connectivity index (χ2n) is 6.09. The van der Waals surface area contributed by atoms with E-state index in [2.05, 4.69) is 26.1 Å². The molecule has 3 unspecified atom stereocenters. The summed E-state index contributed by atoms with van der Waals surface area (Å²) in [7, 11) is 0. The number of benzene rings is 1. The third kappa shape index (κ3) is 4.23. The van der Waals surface area contributed by atoms with E-state index >= 15 is 0 Å². The highest BCUT2D eigenvalue weighted by molar-refractivity contribution is 8.00. The van der Waals surface area contributed by atoms with Crippen LogP contribution in [0, 0.1) is 17.7 Å². The molecule has 1 nitrogen and oxygen atoms in total. The maximum Gasteiger partial charge on any atom is 0.124 e. The van der Waals surface area contributed by atoms with Gasteiger partial charge in [0, 0.05) is 16.2 Å². The van der Waals surface area contributed by atoms with Crippen LogP contribution in [0.5, 0.6) is 0 Å². The number of thioether (sulfide) groups is 1. The Morgan fingerprint density at radius 2 is 2.15 bits per heavy atom. The van der Waals surface area contributed by atoms with Crippen molar-refractivity contribution in [1.82, 2.24) is 5.32 Å². The molecule has 3 atom stereocenters. The van der Waals surface area contributed by atoms with Crippen molar-refractivity contribution in [3.05, 3.63) is 30.1 Å². The monoisotopic (exact) mass is 295 g/mol. The van der Waals surface area contributed by atoms with Gasteiger partial charge in [-0.15, -0.1) is 11.8 Å². The maximum absolute atomic E-state index is 13.3. The molecule has 1 saturated carbocycles. The first-order valence-corrected chi connectivity index (χ1v) is 8.63. The quantitative estimate of drug-likeness (QED) is 0.843. The Balaban J connectivity index is 2.06. The molecular formula is C17H26FNS. The van der Waals surface area contributed by atoms with Crippen molar-refractivity contribution in [3.8, 4) is 0 Å². The highest BCUT2D eigenvalue weighted by Gasteiger charge is 2.31. The van der Waals surface area contributed by atoms with Gasteiger partial charge in [0.1, 0.15) is 5.82 Å². The predicted octanol–water partition coefficient (Wildman–Crippen LogP) is 4.72. The summed E-state index contributed by atoms with van der Waals surface area (Å²) in [6.45, 7) is 7.82. The minimum atomic E-state index is -0.133. The second-order valence-corrected chi connectivity index (χ2v) is 7.41. The van der Waals surface area contributed by atoms with Crippen LogP contribution in [0.15, 0.2) is 29.2 Å². The van der Waals surface area contributed by atoms with Gasteiger partial charge in [-0.3, -0.25) is 0 Å². The molecule has 0 radical (unpaired) electrons. The van der Waals surface area contributed by atoms with Crippen LogP contribution >= 0.6 is 11.8 Å². The van der Waals surface area contributed by atoms with Crippen LogP contribution in [-0.2, 0) is 0 Å². The molecule has 0 heterocycles. The number of hydrogen-bond acceptors (Lipinski definition) is 2. The standard InChI is InChI=1S/C17H26FNS/c1-4-19-16-9-8-13(12(2)3)10-17(16)20-15-7-5-6-14(18)11-15/h5-7,11-13,16-17,19H,4,8-10H2,1-3H3. The van der Waals surface area contributed by atoms with Gasteiger partial charge in [-0.25, -0.2) is 4.39 Å². The summed E-state index contributed by atoms with van der Waals surface area (Å²) in [6, 6.07) is 7.57. The van der Waals surface area contributed by atoms with Gasteiger partial charge in [0.15, 0.2) is 0 Å². The molecule has 0 amide bonds. The van der Waals surface area contributed by atoms with Crippen molar-refractivity contribution in [3.63, 3.8) is 0 Å². The van der Waals surface area contributed by atoms with Crippen LogP contribution < -0.4 is 5.32 Å². The third-order valence-electron chi connectivity index (χ3n) is 4.32. The van der Waals surface area contributed by atoms with Crippen molar-refractivity contribution < 1.29 is 4.39 Å². The van der Waals surface area contributed by atoms with E-state index in [1.807, 2.05) is 23.9 Å². The second kappa shape index (κ2) is 7.46. The summed E-state index contributed by atoms with van der Waals surface area (Å²) >= 11 is 1.85. The van der Waals surface area contributed by atoms with Crippen molar-refractivity contribution in [2.45, 2.75) is 56.2 Å². The molecule has 0 spiro atoms. The van der Waals surface area contributed by atoms with E-state index in [0.29, 0.717) is 11.3 Å². The molecule has 1 aromatic carbocycles. The van der Waals surface area contributed by atoms with Gasteiger partial charge < -0.3 is 5.32 Å². The maximum atomic E-state index is 13.3. The lowest BCUT2D eigenvalue weighted by Gasteiger charge is -2.38. The summed E-state index contributed by atoms with van der Waals surface area (Å²) in [4.78, 5) is 1.06. The molecular weight excluding hydrogens is 269 g/mol. The molecule has 0 aromatic heterocycles. The minimum Gasteiger partial charge on any atom is -0.313 e. The van der Waals surface area contributed by atoms with Crippen molar-refractivity contribution in [1.29, 1.82) is 0 Å². The van der Waals surface area contributed by atoms with Crippen LogP contribution in [-0.4, -0.2) is 17.8 Å². The molecule has 0 saturated heterocycles. The topological polar surface area (TPSA) is 12.0 Å². The summed E-state index contributed by atoms with van der Waals surface area (Å²) in [5.74, 6) is 1.41. The Kier molecular flexibility index (Phi) is 5.91. The lowest BCUT2D eigenvalue weighted by Crippen LogP contribution is -2.43. The van der Waals surface area contributed by atoms with Gasteiger partial charge in [-0.05, 0) is 55.8 Å². The Bertz CT molecular complexity index is 421. The first kappa shape index (κ1) is 15.8. The normalized spacial score (nSPS) is 26.9. The molecule has 1 aromatic rings. The fourth-order valence-electron chi connectivity index (χ4n) is 3.11. The van der Waals surface area contributed by atoms with E-state index in [0.717, 1.165) is 23.3 Å². The Labute approximate surface area is 126 Å². The number of nitrogens with one attached hydrogen (secondary N) is 1. The van der Waals surface area contributed by atoms with Crippen LogP contribution in [0.4, 0.5) is 4.39 Å². The van der Waals surface area contributed by atoms with Crippen LogP contribution in [0.3, 0.4) is 0 Å². The van der Waals surface area contributed by atoms with Crippen molar-refractivity contribution in [2.24, 2.45) is 11.8 Å². The van der Waals surface area contributed by atoms with E-state index in [4.69, 9.17) is 0 Å². The van der Waals surface area contributed by atoms with E-state index in [1.54, 1.807) is 6.07 Å². The molecule has 1 N–H and O–H groups in total. The minimum absolute atomic E-state index is 0.133. The van der Waals surface area contributed by atoms with Crippen LogP contribution in [0.25, 0.3) is 0 Å². The van der Waals surface area contributed by atoms with Gasteiger partial charge in [-0.2, -0.15) is 0 Å². The Hall–Kier alpha value is -0.540. The Morgan fingerprint density at radius 1 is 1.35 bits per heavy atom. The van der Waals surface area contributed by atoms with Crippen LogP contribution in [0.2, 0.25) is 0 Å². The molecule has 20 heavy (non-hydrogen) atoms. The smallest absolute Gasteiger partial charge is 0.124 e. The lowest BCUT2D eigenvalue weighted by atomic mass is 9.79. The zero-order valence-corrected chi connectivity index (χ0v) is 13.5. The Morgan fingerprint density at radius 3 is 2.80 bits per heavy atom. The van der Waals surface area contributed by atoms with Gasteiger partial charge in [-0.1, -0.05) is 26.8 Å². The number of halogens is 1. The number of hydrogen-bond donors (Lipinski definition) is 1. The van der Waals surface area contributed by atoms with Crippen molar-refractivity contribution in [2.75, 3.05) is 6.54 Å². The fourth-order valence-corrected chi connectivity index (χ4v) is 4.53. The van der Waals surface area contributed by atoms with E-state index in [-0.39, 0.29) is 5.82 Å². The average molecular weight is 295 g/mol. The van der Waals surface area contributed by atoms with E-state index in [9.17, 15) is 4.39 Å². The molecule has 112 valence electrons. The molecule has 1 aliphatic carbocycles. The first-order valence-electron chi connectivity index (χ1n) is 7.75. The summed E-state index contributed by atoms with van der Waals surface area (Å²) in [5.41, 5.74) is 0. The van der Waals surface area contributed by atoms with Gasteiger partial charge in [0.2, 0.25) is 0 Å². The van der Waals surface area contributed by atoms with Crippen molar-refractivity contribution >= 4 is 11.8 Å². The van der Waals surface area contributed by atoms with Gasteiger partial charge >= 0.3 is 0 Å². The first-order chi connectivity index (χ1) is 9.60. The highest BCUT2D eigenvalue weighted by Crippen LogP contribution is 2.39. The molecule has 3 heteroatoms. The number of rotatable bonds is 5. The molecule has 0 bridgehead atoms. The zero-order valence-electron chi connectivity index (χ0n) is 12.7. The van der Waals surface area contributed by atoms with E-state index < -0.39 is 0 Å². The molecule has 0 aliphatic heterocycles. The van der Waals surface area contributed by atoms with Gasteiger partial charge in [0.05, 0.1) is 0 Å². The largest absolute Gasteiger partial charge is 0.313 e. The average Bonchev–Trinajstić information content (AvgIpc) is 2.41. The predicted molar refractivity (Wildman–Crippen MR) is 85.7 cm³/mol. The SMILES string of the molecule is CCNC1CCC(C(C)C)CC1Sc1cccc(F)c1.